The Balaban J connectivity index is 1.67. The Hall–Kier alpha value is -3.60. The predicted octanol–water partition coefficient (Wildman–Crippen LogP) is 4.92. The quantitative estimate of drug-likeness (QED) is 0.502. The largest absolute Gasteiger partial charge is 0.364 e. The summed E-state index contributed by atoms with van der Waals surface area (Å²) >= 11 is 0. The Morgan fingerprint density at radius 2 is 1.77 bits per heavy atom. The monoisotopic (exact) mass is 394 g/mol. The van der Waals surface area contributed by atoms with E-state index in [2.05, 4.69) is 28.5 Å². The van der Waals surface area contributed by atoms with Gasteiger partial charge in [-0.1, -0.05) is 48.5 Å². The first-order chi connectivity index (χ1) is 14.7. The second-order valence-electron chi connectivity index (χ2n) is 7.77. The van der Waals surface area contributed by atoms with E-state index >= 15 is 0 Å². The molecule has 1 aliphatic rings. The molecule has 0 radical (unpaired) electrons. The van der Waals surface area contributed by atoms with Crippen LogP contribution in [0.5, 0.6) is 0 Å². The summed E-state index contributed by atoms with van der Waals surface area (Å²) in [5, 5.41) is 4.43. The summed E-state index contributed by atoms with van der Waals surface area (Å²) in [6.45, 7) is 2.19. The summed E-state index contributed by atoms with van der Waals surface area (Å²) in [5.74, 6) is 1.50. The number of benzene rings is 2. The van der Waals surface area contributed by atoms with Gasteiger partial charge in [0.05, 0.1) is 28.6 Å². The molecule has 0 atom stereocenters. The SMILES string of the molecule is CC(=O)C1(c2nc(NCc3ccccn3)c3c(-c4ccccc4)cccc3n2)CC1. The minimum atomic E-state index is -0.529. The van der Waals surface area contributed by atoms with E-state index in [0.717, 1.165) is 46.4 Å². The molecule has 0 spiro atoms. The van der Waals surface area contributed by atoms with Gasteiger partial charge >= 0.3 is 0 Å². The maximum atomic E-state index is 12.3. The first kappa shape index (κ1) is 18.4. The lowest BCUT2D eigenvalue weighted by Crippen LogP contribution is -2.21. The van der Waals surface area contributed by atoms with Gasteiger partial charge < -0.3 is 5.32 Å². The third kappa shape index (κ3) is 3.22. The number of rotatable bonds is 6. The average Bonchev–Trinajstić information content (AvgIpc) is 3.60. The Bertz CT molecular complexity index is 1220. The van der Waals surface area contributed by atoms with Gasteiger partial charge in [0.15, 0.2) is 0 Å². The van der Waals surface area contributed by atoms with Crippen molar-refractivity contribution in [1.82, 2.24) is 15.0 Å². The number of aromatic nitrogens is 3. The Kier molecular flexibility index (Phi) is 4.51. The molecule has 5 rings (SSSR count). The smallest absolute Gasteiger partial charge is 0.144 e. The molecule has 5 heteroatoms. The maximum absolute atomic E-state index is 12.3. The third-order valence-electron chi connectivity index (χ3n) is 5.82. The number of carbonyl (C=O) groups is 1. The van der Waals surface area contributed by atoms with Gasteiger partial charge in [0.1, 0.15) is 17.4 Å². The number of hydrogen-bond donors (Lipinski definition) is 1. The van der Waals surface area contributed by atoms with E-state index in [4.69, 9.17) is 9.97 Å². The first-order valence-corrected chi connectivity index (χ1v) is 10.2. The Labute approximate surface area is 175 Å². The molecule has 0 saturated heterocycles. The lowest BCUT2D eigenvalue weighted by atomic mass is 9.98. The number of fused-ring (bicyclic) bond motifs is 1. The van der Waals surface area contributed by atoms with Gasteiger partial charge in [0.2, 0.25) is 0 Å². The van der Waals surface area contributed by atoms with Crippen LogP contribution in [0.4, 0.5) is 5.82 Å². The van der Waals surface area contributed by atoms with Crippen molar-refractivity contribution < 1.29 is 4.79 Å². The first-order valence-electron chi connectivity index (χ1n) is 10.2. The van der Waals surface area contributed by atoms with Crippen molar-refractivity contribution in [1.29, 1.82) is 0 Å². The number of Topliss-reactive ketones (excluding diaryl/α,β-unsaturated/α-hetero) is 1. The minimum Gasteiger partial charge on any atom is -0.364 e. The highest BCUT2D eigenvalue weighted by atomic mass is 16.1. The van der Waals surface area contributed by atoms with Gasteiger partial charge in [-0.3, -0.25) is 9.78 Å². The van der Waals surface area contributed by atoms with E-state index in [1.54, 1.807) is 13.1 Å². The average molecular weight is 394 g/mol. The highest BCUT2D eigenvalue weighted by molar-refractivity contribution is 6.02. The van der Waals surface area contributed by atoms with Crippen molar-refractivity contribution in [2.75, 3.05) is 5.32 Å². The molecule has 1 aliphatic carbocycles. The van der Waals surface area contributed by atoms with E-state index in [1.807, 2.05) is 48.5 Å². The highest BCUT2D eigenvalue weighted by Crippen LogP contribution is 2.48. The molecule has 1 fully saturated rings. The van der Waals surface area contributed by atoms with Crippen LogP contribution >= 0.6 is 0 Å². The van der Waals surface area contributed by atoms with Crippen LogP contribution in [0, 0.1) is 0 Å². The number of nitrogens with zero attached hydrogens (tertiary/aromatic N) is 3. The molecular formula is C25H22N4O. The standard InChI is InChI=1S/C25H22N4O/c1-17(30)25(13-14-25)24-28-21-12-7-11-20(18-8-3-2-4-9-18)22(21)23(29-24)27-16-19-10-5-6-15-26-19/h2-12,15H,13-14,16H2,1H3,(H,27,28,29). The zero-order chi connectivity index (χ0) is 20.6. The summed E-state index contributed by atoms with van der Waals surface area (Å²) in [4.78, 5) is 26.5. The molecule has 1 saturated carbocycles. The molecule has 0 unspecified atom stereocenters. The molecular weight excluding hydrogens is 372 g/mol. The van der Waals surface area contributed by atoms with Gasteiger partial charge in [0.25, 0.3) is 0 Å². The van der Waals surface area contributed by atoms with Gasteiger partial charge in [-0.2, -0.15) is 0 Å². The third-order valence-corrected chi connectivity index (χ3v) is 5.82. The number of anilines is 1. The topological polar surface area (TPSA) is 67.8 Å². The number of nitrogens with one attached hydrogen (secondary N) is 1. The van der Waals surface area contributed by atoms with Crippen LogP contribution in [-0.4, -0.2) is 20.7 Å². The van der Waals surface area contributed by atoms with Gasteiger partial charge in [-0.05, 0) is 49.1 Å². The Morgan fingerprint density at radius 1 is 0.967 bits per heavy atom. The Morgan fingerprint density at radius 3 is 2.47 bits per heavy atom. The highest BCUT2D eigenvalue weighted by Gasteiger charge is 2.51. The zero-order valence-electron chi connectivity index (χ0n) is 16.8. The lowest BCUT2D eigenvalue weighted by Gasteiger charge is -2.17. The summed E-state index contributed by atoms with van der Waals surface area (Å²) in [6, 6.07) is 22.2. The molecule has 2 heterocycles. The molecule has 1 N–H and O–H groups in total. The van der Waals surface area contributed by atoms with Crippen LogP contribution in [-0.2, 0) is 16.8 Å². The number of hydrogen-bond acceptors (Lipinski definition) is 5. The predicted molar refractivity (Wildman–Crippen MR) is 118 cm³/mol. The minimum absolute atomic E-state index is 0.136. The molecule has 2 aromatic heterocycles. The van der Waals surface area contributed by atoms with Crippen LogP contribution in [0.2, 0.25) is 0 Å². The van der Waals surface area contributed by atoms with E-state index < -0.39 is 5.41 Å². The van der Waals surface area contributed by atoms with E-state index in [1.165, 1.54) is 0 Å². The molecule has 2 aromatic carbocycles. The van der Waals surface area contributed by atoms with Crippen LogP contribution in [0.1, 0.15) is 31.3 Å². The van der Waals surface area contributed by atoms with Crippen molar-refractivity contribution in [3.05, 3.63) is 84.4 Å². The fourth-order valence-electron chi connectivity index (χ4n) is 3.92. The second kappa shape index (κ2) is 7.34. The molecule has 148 valence electrons. The number of carbonyl (C=O) groups excluding carboxylic acids is 1. The number of pyridine rings is 1. The molecule has 0 bridgehead atoms. The normalized spacial score (nSPS) is 14.4. The fraction of sp³-hybridized carbons (Fsp3) is 0.200. The summed E-state index contributed by atoms with van der Waals surface area (Å²) in [6.07, 6.45) is 3.41. The van der Waals surface area contributed by atoms with Crippen molar-refractivity contribution in [3.63, 3.8) is 0 Å². The lowest BCUT2D eigenvalue weighted by molar-refractivity contribution is -0.119. The summed E-state index contributed by atoms with van der Waals surface area (Å²) < 4.78 is 0. The zero-order valence-corrected chi connectivity index (χ0v) is 16.8. The molecule has 30 heavy (non-hydrogen) atoms. The molecule has 4 aromatic rings. The van der Waals surface area contributed by atoms with Crippen molar-refractivity contribution in [3.8, 4) is 11.1 Å². The molecule has 5 nitrogen and oxygen atoms in total. The van der Waals surface area contributed by atoms with Crippen molar-refractivity contribution in [2.24, 2.45) is 0 Å². The van der Waals surface area contributed by atoms with E-state index in [-0.39, 0.29) is 5.78 Å². The summed E-state index contributed by atoms with van der Waals surface area (Å²) in [5.41, 5.74) is 3.41. The van der Waals surface area contributed by atoms with Gasteiger partial charge in [-0.25, -0.2) is 9.97 Å². The van der Waals surface area contributed by atoms with Crippen LogP contribution in [0.15, 0.2) is 72.9 Å². The number of ketones is 1. The van der Waals surface area contributed by atoms with Crippen LogP contribution in [0.25, 0.3) is 22.0 Å². The van der Waals surface area contributed by atoms with Crippen molar-refractivity contribution in [2.45, 2.75) is 31.7 Å². The molecule has 0 amide bonds. The van der Waals surface area contributed by atoms with Crippen molar-refractivity contribution >= 4 is 22.5 Å². The molecule has 0 aliphatic heterocycles. The fourth-order valence-corrected chi connectivity index (χ4v) is 3.92. The maximum Gasteiger partial charge on any atom is 0.144 e. The summed E-state index contributed by atoms with van der Waals surface area (Å²) in [7, 11) is 0. The van der Waals surface area contributed by atoms with Gasteiger partial charge in [0, 0.05) is 6.20 Å². The van der Waals surface area contributed by atoms with E-state index in [9.17, 15) is 4.79 Å². The van der Waals surface area contributed by atoms with Crippen LogP contribution < -0.4 is 5.32 Å². The van der Waals surface area contributed by atoms with E-state index in [0.29, 0.717) is 12.4 Å². The van der Waals surface area contributed by atoms with Gasteiger partial charge in [-0.15, -0.1) is 0 Å². The second-order valence-corrected chi connectivity index (χ2v) is 7.77. The van der Waals surface area contributed by atoms with Crippen LogP contribution in [0.3, 0.4) is 0 Å².